The first kappa shape index (κ1) is 18.9. The second-order valence-corrected chi connectivity index (χ2v) is 7.39. The van der Waals surface area contributed by atoms with Crippen molar-refractivity contribution < 1.29 is 0 Å². The van der Waals surface area contributed by atoms with Crippen LogP contribution in [-0.2, 0) is 13.0 Å². The highest BCUT2D eigenvalue weighted by atomic mass is 15.5. The standard InChI is InChI=1S/C23H22N8/c1-3-17-14-25-31-21(12-15(2)26-23(17)31)24-13-16-8-10-18(11-9-16)19-6-4-5-7-20(19)22-27-29-30-28-22/h4-12,14,24H,3,13H2,1-2H3,(H,27,28,29,30). The van der Waals surface area contributed by atoms with Crippen molar-refractivity contribution in [3.63, 3.8) is 0 Å². The molecule has 0 atom stereocenters. The van der Waals surface area contributed by atoms with Gasteiger partial charge in [-0.15, -0.1) is 5.10 Å². The van der Waals surface area contributed by atoms with Crippen LogP contribution in [0.5, 0.6) is 0 Å². The lowest BCUT2D eigenvalue weighted by Crippen LogP contribution is -2.07. The Labute approximate surface area is 179 Å². The summed E-state index contributed by atoms with van der Waals surface area (Å²) in [6.07, 6.45) is 2.80. The van der Waals surface area contributed by atoms with Crippen LogP contribution in [0.1, 0.15) is 23.7 Å². The second kappa shape index (κ2) is 7.98. The van der Waals surface area contributed by atoms with Crippen molar-refractivity contribution in [2.24, 2.45) is 0 Å². The van der Waals surface area contributed by atoms with E-state index in [2.05, 4.69) is 73.3 Å². The lowest BCUT2D eigenvalue weighted by Gasteiger charge is -2.11. The molecule has 2 aromatic carbocycles. The maximum atomic E-state index is 4.64. The highest BCUT2D eigenvalue weighted by Gasteiger charge is 2.11. The molecule has 2 N–H and O–H groups in total. The minimum absolute atomic E-state index is 0.657. The number of benzene rings is 2. The first-order valence-electron chi connectivity index (χ1n) is 10.2. The minimum atomic E-state index is 0.657. The van der Waals surface area contributed by atoms with Crippen LogP contribution >= 0.6 is 0 Å². The van der Waals surface area contributed by atoms with Crippen LogP contribution in [-0.4, -0.2) is 35.2 Å². The van der Waals surface area contributed by atoms with Gasteiger partial charge < -0.3 is 5.32 Å². The molecule has 0 saturated heterocycles. The van der Waals surface area contributed by atoms with Gasteiger partial charge in [0.25, 0.3) is 0 Å². The van der Waals surface area contributed by atoms with E-state index in [1.165, 1.54) is 5.56 Å². The summed E-state index contributed by atoms with van der Waals surface area (Å²) >= 11 is 0. The molecule has 0 aliphatic heterocycles. The number of nitrogens with one attached hydrogen (secondary N) is 2. The van der Waals surface area contributed by atoms with Crippen LogP contribution < -0.4 is 5.32 Å². The van der Waals surface area contributed by atoms with Crippen LogP contribution in [0.2, 0.25) is 0 Å². The highest BCUT2D eigenvalue weighted by Crippen LogP contribution is 2.29. The lowest BCUT2D eigenvalue weighted by molar-refractivity contribution is 0.881. The molecule has 3 aromatic heterocycles. The fraction of sp³-hybridized carbons (Fsp3) is 0.174. The molecule has 8 nitrogen and oxygen atoms in total. The number of hydrogen-bond acceptors (Lipinski definition) is 6. The molecule has 5 rings (SSSR count). The number of aromatic amines is 1. The monoisotopic (exact) mass is 410 g/mol. The molecule has 0 bridgehead atoms. The van der Waals surface area contributed by atoms with Gasteiger partial charge in [0.05, 0.1) is 6.20 Å². The molecule has 31 heavy (non-hydrogen) atoms. The molecule has 0 radical (unpaired) electrons. The maximum Gasteiger partial charge on any atom is 0.180 e. The summed E-state index contributed by atoms with van der Waals surface area (Å²) in [5.41, 5.74) is 7.37. The SMILES string of the molecule is CCc1cnn2c(NCc3ccc(-c4ccccc4-c4nnn[nH]4)cc3)cc(C)nc12. The lowest BCUT2D eigenvalue weighted by atomic mass is 9.98. The Morgan fingerprint density at radius 2 is 1.84 bits per heavy atom. The van der Waals surface area contributed by atoms with E-state index < -0.39 is 0 Å². The number of tetrazole rings is 1. The summed E-state index contributed by atoms with van der Waals surface area (Å²) in [5.74, 6) is 1.60. The molecule has 0 spiro atoms. The van der Waals surface area contributed by atoms with Crippen LogP contribution in [0.25, 0.3) is 28.2 Å². The summed E-state index contributed by atoms with van der Waals surface area (Å²) in [5, 5.41) is 22.3. The number of hydrogen-bond donors (Lipinski definition) is 2. The number of fused-ring (bicyclic) bond motifs is 1. The summed E-state index contributed by atoms with van der Waals surface area (Å²) in [7, 11) is 0. The quantitative estimate of drug-likeness (QED) is 0.438. The predicted octanol–water partition coefficient (Wildman–Crippen LogP) is 4.06. The minimum Gasteiger partial charge on any atom is -0.366 e. The predicted molar refractivity (Wildman–Crippen MR) is 119 cm³/mol. The molecule has 5 aromatic rings. The van der Waals surface area contributed by atoms with Gasteiger partial charge in [0.2, 0.25) is 0 Å². The smallest absolute Gasteiger partial charge is 0.180 e. The van der Waals surface area contributed by atoms with Crippen molar-refractivity contribution in [1.29, 1.82) is 0 Å². The molecule has 0 amide bonds. The van der Waals surface area contributed by atoms with Crippen LogP contribution in [0, 0.1) is 6.92 Å². The summed E-state index contributed by atoms with van der Waals surface area (Å²) in [6.45, 7) is 4.81. The molecule has 0 saturated carbocycles. The molecule has 154 valence electrons. The van der Waals surface area contributed by atoms with Gasteiger partial charge in [-0.1, -0.05) is 55.5 Å². The van der Waals surface area contributed by atoms with E-state index in [9.17, 15) is 0 Å². The van der Waals surface area contributed by atoms with Gasteiger partial charge >= 0.3 is 0 Å². The van der Waals surface area contributed by atoms with Crippen molar-refractivity contribution in [3.05, 3.63) is 77.6 Å². The average Bonchev–Trinajstić information content (AvgIpc) is 3.48. The molecule has 0 aliphatic rings. The van der Waals surface area contributed by atoms with E-state index in [4.69, 9.17) is 0 Å². The van der Waals surface area contributed by atoms with Gasteiger partial charge in [0.15, 0.2) is 11.5 Å². The first-order chi connectivity index (χ1) is 15.2. The third-order valence-electron chi connectivity index (χ3n) is 5.32. The molecule has 0 aliphatic carbocycles. The molecule has 0 fully saturated rings. The summed E-state index contributed by atoms with van der Waals surface area (Å²) in [6, 6.07) is 18.6. The Morgan fingerprint density at radius 3 is 2.58 bits per heavy atom. The molecular formula is C23H22N8. The van der Waals surface area contributed by atoms with Crippen molar-refractivity contribution >= 4 is 11.5 Å². The van der Waals surface area contributed by atoms with Gasteiger partial charge in [-0.05, 0) is 40.5 Å². The normalized spacial score (nSPS) is 11.2. The fourth-order valence-electron chi connectivity index (χ4n) is 3.71. The fourth-order valence-corrected chi connectivity index (χ4v) is 3.71. The van der Waals surface area contributed by atoms with Crippen LogP contribution in [0.4, 0.5) is 5.82 Å². The Kier molecular flexibility index (Phi) is 4.87. The summed E-state index contributed by atoms with van der Waals surface area (Å²) in [4.78, 5) is 4.64. The van der Waals surface area contributed by atoms with Crippen LogP contribution in [0.3, 0.4) is 0 Å². The largest absolute Gasteiger partial charge is 0.366 e. The Balaban J connectivity index is 1.38. The van der Waals surface area contributed by atoms with Gasteiger partial charge in [0, 0.05) is 29.4 Å². The molecular weight excluding hydrogens is 388 g/mol. The third kappa shape index (κ3) is 3.63. The van der Waals surface area contributed by atoms with Crippen molar-refractivity contribution in [1.82, 2.24) is 35.2 Å². The van der Waals surface area contributed by atoms with E-state index in [1.54, 1.807) is 0 Å². The van der Waals surface area contributed by atoms with E-state index in [0.29, 0.717) is 12.4 Å². The highest BCUT2D eigenvalue weighted by molar-refractivity contribution is 5.80. The summed E-state index contributed by atoms with van der Waals surface area (Å²) < 4.78 is 1.88. The van der Waals surface area contributed by atoms with E-state index in [0.717, 1.165) is 45.8 Å². The van der Waals surface area contributed by atoms with E-state index in [1.807, 2.05) is 41.9 Å². The van der Waals surface area contributed by atoms with Crippen molar-refractivity contribution in [2.45, 2.75) is 26.8 Å². The number of H-pyrrole nitrogens is 1. The topological polar surface area (TPSA) is 96.7 Å². The van der Waals surface area contributed by atoms with E-state index in [-0.39, 0.29) is 0 Å². The number of anilines is 1. The zero-order valence-electron chi connectivity index (χ0n) is 17.4. The number of rotatable bonds is 6. The Bertz CT molecular complexity index is 1320. The van der Waals surface area contributed by atoms with Gasteiger partial charge in [-0.2, -0.15) is 9.61 Å². The van der Waals surface area contributed by atoms with E-state index >= 15 is 0 Å². The first-order valence-corrected chi connectivity index (χ1v) is 10.2. The van der Waals surface area contributed by atoms with Crippen LogP contribution in [0.15, 0.2) is 60.8 Å². The zero-order valence-corrected chi connectivity index (χ0v) is 17.4. The number of aryl methyl sites for hydroxylation is 2. The number of aromatic nitrogens is 7. The van der Waals surface area contributed by atoms with Gasteiger partial charge in [0.1, 0.15) is 5.82 Å². The third-order valence-corrected chi connectivity index (χ3v) is 5.32. The van der Waals surface area contributed by atoms with Gasteiger partial charge in [-0.25, -0.2) is 10.1 Å². The molecule has 8 heteroatoms. The average molecular weight is 410 g/mol. The molecule has 0 unspecified atom stereocenters. The maximum absolute atomic E-state index is 4.64. The van der Waals surface area contributed by atoms with Gasteiger partial charge in [-0.3, -0.25) is 0 Å². The second-order valence-electron chi connectivity index (χ2n) is 7.39. The Hall–Kier alpha value is -4.07. The molecule has 3 heterocycles. The zero-order chi connectivity index (χ0) is 21.2. The number of nitrogens with zero attached hydrogens (tertiary/aromatic N) is 6. The Morgan fingerprint density at radius 1 is 1.03 bits per heavy atom. The van der Waals surface area contributed by atoms with Crippen molar-refractivity contribution in [3.8, 4) is 22.5 Å². The van der Waals surface area contributed by atoms with Crippen molar-refractivity contribution in [2.75, 3.05) is 5.32 Å².